The maximum atomic E-state index is 13.3. The van der Waals surface area contributed by atoms with Crippen LogP contribution in [0.3, 0.4) is 0 Å². The Morgan fingerprint density at radius 2 is 1.82 bits per heavy atom. The van der Waals surface area contributed by atoms with E-state index in [4.69, 9.17) is 9.84 Å². The highest BCUT2D eigenvalue weighted by atomic mass is 16.5. The molecular formula is C27H44O7. The lowest BCUT2D eigenvalue weighted by atomic mass is 9.66. The van der Waals surface area contributed by atoms with E-state index in [-0.39, 0.29) is 36.6 Å². The Labute approximate surface area is 203 Å². The maximum absolute atomic E-state index is 13.3. The Morgan fingerprint density at radius 3 is 2.41 bits per heavy atom. The number of carbonyl (C=O) groups is 2. The van der Waals surface area contributed by atoms with Crippen LogP contribution in [0.4, 0.5) is 0 Å². The van der Waals surface area contributed by atoms with Gasteiger partial charge in [-0.3, -0.25) is 9.59 Å². The molecule has 0 aromatic rings. The molecule has 2 rings (SSSR count). The Hall–Kier alpha value is -1.70. The zero-order valence-electron chi connectivity index (χ0n) is 21.2. The molecule has 7 nitrogen and oxygen atoms in total. The summed E-state index contributed by atoms with van der Waals surface area (Å²) in [4.78, 5) is 24.1. The van der Waals surface area contributed by atoms with E-state index < -0.39 is 35.8 Å². The minimum Gasteiger partial charge on any atom is -0.481 e. The molecule has 0 bridgehead atoms. The highest BCUT2D eigenvalue weighted by molar-refractivity contribution is 5.76. The minimum atomic E-state index is -1.09. The van der Waals surface area contributed by atoms with Gasteiger partial charge in [0.1, 0.15) is 6.10 Å². The highest BCUT2D eigenvalue weighted by Gasteiger charge is 2.44. The van der Waals surface area contributed by atoms with Gasteiger partial charge in [-0.25, -0.2) is 0 Å². The average Bonchev–Trinajstić information content (AvgIpc) is 2.72. The molecule has 0 radical (unpaired) electrons. The van der Waals surface area contributed by atoms with Gasteiger partial charge in [0.15, 0.2) is 0 Å². The second-order valence-corrected chi connectivity index (χ2v) is 10.6. The molecule has 0 aliphatic heterocycles. The summed E-state index contributed by atoms with van der Waals surface area (Å²) in [6.45, 7) is 8.20. The summed E-state index contributed by atoms with van der Waals surface area (Å²) in [7, 11) is 0. The standard InChI is InChI=1S/C27H44O7/c1-5-11-27(4,12-6-2)26(33)34-23-15-20(29)13-18-8-7-17(3)22(25(18)23)10-9-19(28)14-21(30)16-24(31)32/h7-8,13,17,19-23,25,28-30H,5-6,9-12,14-16H2,1-4H3,(H,31,32)/t17-,19?,20+,21+,22-,23-,25-/m0/s1. The van der Waals surface area contributed by atoms with Crippen molar-refractivity contribution in [2.75, 3.05) is 0 Å². The third-order valence-corrected chi connectivity index (χ3v) is 7.52. The number of aliphatic hydroxyl groups excluding tert-OH is 3. The smallest absolute Gasteiger partial charge is 0.312 e. The molecule has 4 N–H and O–H groups in total. The first kappa shape index (κ1) is 28.5. The second-order valence-electron chi connectivity index (χ2n) is 10.6. The van der Waals surface area contributed by atoms with E-state index in [2.05, 4.69) is 26.8 Å². The Kier molecular flexibility index (Phi) is 10.8. The van der Waals surface area contributed by atoms with Crippen LogP contribution < -0.4 is 0 Å². The van der Waals surface area contributed by atoms with Gasteiger partial charge in [-0.05, 0) is 56.4 Å². The zero-order valence-corrected chi connectivity index (χ0v) is 21.2. The number of fused-ring (bicyclic) bond motifs is 1. The maximum Gasteiger partial charge on any atom is 0.312 e. The Bertz CT molecular complexity index is 737. The lowest BCUT2D eigenvalue weighted by Crippen LogP contribution is -2.44. The van der Waals surface area contributed by atoms with E-state index in [1.807, 2.05) is 19.1 Å². The minimum absolute atomic E-state index is 0.0140. The van der Waals surface area contributed by atoms with Gasteiger partial charge in [0.25, 0.3) is 0 Å². The first-order valence-corrected chi connectivity index (χ1v) is 12.9. The molecule has 0 aromatic heterocycles. The number of ether oxygens (including phenoxy) is 1. The molecule has 0 saturated carbocycles. The van der Waals surface area contributed by atoms with Crippen LogP contribution >= 0.6 is 0 Å². The van der Waals surface area contributed by atoms with E-state index in [9.17, 15) is 24.9 Å². The van der Waals surface area contributed by atoms with Crippen molar-refractivity contribution < 1.29 is 34.8 Å². The van der Waals surface area contributed by atoms with Crippen LogP contribution in [-0.2, 0) is 14.3 Å². The van der Waals surface area contributed by atoms with Crippen molar-refractivity contribution in [3.63, 3.8) is 0 Å². The summed E-state index contributed by atoms with van der Waals surface area (Å²) in [6, 6.07) is 0. The van der Waals surface area contributed by atoms with Gasteiger partial charge < -0.3 is 25.2 Å². The summed E-state index contributed by atoms with van der Waals surface area (Å²) in [5, 5.41) is 39.6. The van der Waals surface area contributed by atoms with Gasteiger partial charge in [0, 0.05) is 12.3 Å². The van der Waals surface area contributed by atoms with Crippen molar-refractivity contribution in [1.29, 1.82) is 0 Å². The molecule has 2 aliphatic rings. The molecule has 34 heavy (non-hydrogen) atoms. The van der Waals surface area contributed by atoms with E-state index in [0.717, 1.165) is 31.3 Å². The summed E-state index contributed by atoms with van der Waals surface area (Å²) < 4.78 is 6.15. The van der Waals surface area contributed by atoms with Gasteiger partial charge in [-0.2, -0.15) is 0 Å². The Balaban J connectivity index is 2.16. The summed E-state index contributed by atoms with van der Waals surface area (Å²) in [6.07, 6.45) is 7.25. The summed E-state index contributed by atoms with van der Waals surface area (Å²) in [5.74, 6) is -1.09. The van der Waals surface area contributed by atoms with Crippen LogP contribution in [0.15, 0.2) is 23.8 Å². The summed E-state index contributed by atoms with van der Waals surface area (Å²) >= 11 is 0. The van der Waals surface area contributed by atoms with Gasteiger partial charge in [0.2, 0.25) is 0 Å². The molecule has 2 aliphatic carbocycles. The van der Waals surface area contributed by atoms with Crippen molar-refractivity contribution >= 4 is 11.9 Å². The molecule has 1 unspecified atom stereocenters. The molecule has 0 fully saturated rings. The predicted octanol–water partition coefficient (Wildman–Crippen LogP) is 4.00. The number of carboxylic acids is 1. The average molecular weight is 481 g/mol. The number of aliphatic hydroxyl groups is 3. The van der Waals surface area contributed by atoms with Gasteiger partial charge in [-0.1, -0.05) is 51.8 Å². The zero-order chi connectivity index (χ0) is 25.5. The van der Waals surface area contributed by atoms with Crippen LogP contribution in [0, 0.1) is 23.2 Å². The topological polar surface area (TPSA) is 124 Å². The van der Waals surface area contributed by atoms with E-state index in [1.54, 1.807) is 0 Å². The van der Waals surface area contributed by atoms with Crippen LogP contribution in [0.25, 0.3) is 0 Å². The highest BCUT2D eigenvalue weighted by Crippen LogP contribution is 2.45. The monoisotopic (exact) mass is 480 g/mol. The van der Waals surface area contributed by atoms with Crippen molar-refractivity contribution in [1.82, 2.24) is 0 Å². The van der Waals surface area contributed by atoms with Crippen LogP contribution in [0.5, 0.6) is 0 Å². The van der Waals surface area contributed by atoms with Crippen LogP contribution in [-0.4, -0.2) is 56.8 Å². The molecule has 0 aromatic carbocycles. The number of aliphatic carboxylic acids is 1. The fraction of sp³-hybridized carbons (Fsp3) is 0.778. The number of rotatable bonds is 13. The van der Waals surface area contributed by atoms with Gasteiger partial charge >= 0.3 is 11.9 Å². The van der Waals surface area contributed by atoms with Crippen molar-refractivity contribution in [2.45, 2.75) is 110 Å². The lowest BCUT2D eigenvalue weighted by molar-refractivity contribution is -0.167. The molecule has 194 valence electrons. The quantitative estimate of drug-likeness (QED) is 0.294. The molecule has 7 heteroatoms. The number of allylic oxidation sites excluding steroid dienone is 2. The number of esters is 1. The third-order valence-electron chi connectivity index (χ3n) is 7.52. The van der Waals surface area contributed by atoms with Gasteiger partial charge in [0.05, 0.1) is 30.1 Å². The third kappa shape index (κ3) is 7.65. The van der Waals surface area contributed by atoms with E-state index >= 15 is 0 Å². The number of carbonyl (C=O) groups excluding carboxylic acids is 1. The SMILES string of the molecule is CCCC(C)(CCC)C(=O)O[C@H]1C[C@H](O)C=C2C=C[C@H](C)[C@H](CCC(O)C[C@@H](O)CC(=O)O)[C@H]21. The molecule has 0 amide bonds. The van der Waals surface area contributed by atoms with Crippen molar-refractivity contribution in [2.24, 2.45) is 23.2 Å². The largest absolute Gasteiger partial charge is 0.481 e. The van der Waals surface area contributed by atoms with Crippen LogP contribution in [0.2, 0.25) is 0 Å². The van der Waals surface area contributed by atoms with Crippen molar-refractivity contribution in [3.05, 3.63) is 23.8 Å². The van der Waals surface area contributed by atoms with Crippen LogP contribution in [0.1, 0.15) is 85.5 Å². The van der Waals surface area contributed by atoms with E-state index in [1.165, 1.54) is 0 Å². The molecule has 0 heterocycles. The van der Waals surface area contributed by atoms with Gasteiger partial charge in [-0.15, -0.1) is 0 Å². The molecule has 7 atom stereocenters. The fourth-order valence-electron chi connectivity index (χ4n) is 5.80. The lowest BCUT2D eigenvalue weighted by Gasteiger charge is -2.43. The summed E-state index contributed by atoms with van der Waals surface area (Å²) in [5.41, 5.74) is 0.422. The first-order valence-electron chi connectivity index (χ1n) is 12.9. The van der Waals surface area contributed by atoms with E-state index in [0.29, 0.717) is 19.3 Å². The first-order chi connectivity index (χ1) is 16.0. The molecular weight excluding hydrogens is 436 g/mol. The van der Waals surface area contributed by atoms with Crippen molar-refractivity contribution in [3.8, 4) is 0 Å². The number of hydrogen-bond donors (Lipinski definition) is 4. The normalized spacial score (nSPS) is 28.6. The fourth-order valence-corrected chi connectivity index (χ4v) is 5.80. The second kappa shape index (κ2) is 12.8. The number of carboxylic acid groups (broad SMARTS) is 1. The Morgan fingerprint density at radius 1 is 1.18 bits per heavy atom. The predicted molar refractivity (Wildman–Crippen MR) is 130 cm³/mol. The molecule has 0 spiro atoms. The molecule has 0 saturated heterocycles. The number of hydrogen-bond acceptors (Lipinski definition) is 6.